The first kappa shape index (κ1) is 14.3. The van der Waals surface area contributed by atoms with Crippen molar-refractivity contribution in [2.24, 2.45) is 5.10 Å². The Labute approximate surface area is 120 Å². The molecule has 1 N–H and O–H groups in total. The molecule has 2 rings (SSSR count). The number of rotatable bonds is 6. The number of carbonyl (C=O) groups excluding carboxylic acids is 1. The van der Waals surface area contributed by atoms with Crippen molar-refractivity contribution in [2.75, 3.05) is 13.7 Å². The summed E-state index contributed by atoms with van der Waals surface area (Å²) in [6, 6.07) is 9.24. The van der Waals surface area contributed by atoms with Gasteiger partial charge in [-0.3, -0.25) is 4.79 Å². The molecule has 2 aromatic rings. The topological polar surface area (TPSA) is 76.7 Å². The predicted octanol–water partition coefficient (Wildman–Crippen LogP) is 1.92. The summed E-state index contributed by atoms with van der Waals surface area (Å²) < 4.78 is 10.2. The van der Waals surface area contributed by atoms with Crippen molar-refractivity contribution in [1.82, 2.24) is 10.4 Å². The largest absolute Gasteiger partial charge is 0.448 e. The molecule has 0 saturated carbocycles. The van der Waals surface area contributed by atoms with Crippen molar-refractivity contribution in [3.05, 3.63) is 42.3 Å². The Morgan fingerprint density at radius 2 is 2.40 bits per heavy atom. The van der Waals surface area contributed by atoms with E-state index in [1.165, 1.54) is 25.1 Å². The summed E-state index contributed by atoms with van der Waals surface area (Å²) in [5, 5.41) is 5.31. The average molecular weight is 291 g/mol. The highest BCUT2D eigenvalue weighted by molar-refractivity contribution is 7.99. The van der Waals surface area contributed by atoms with Crippen molar-refractivity contribution in [2.45, 2.75) is 10.1 Å². The summed E-state index contributed by atoms with van der Waals surface area (Å²) in [5.41, 5.74) is 2.32. The van der Waals surface area contributed by atoms with Crippen LogP contribution in [0.4, 0.5) is 0 Å². The van der Waals surface area contributed by atoms with Gasteiger partial charge >= 0.3 is 0 Å². The van der Waals surface area contributed by atoms with Crippen LogP contribution in [0.5, 0.6) is 0 Å². The lowest BCUT2D eigenvalue weighted by Crippen LogP contribution is -2.22. The lowest BCUT2D eigenvalue weighted by atomic mass is 10.5. The number of hydrazone groups is 1. The first-order valence-electron chi connectivity index (χ1n) is 5.77. The molecular formula is C13H13N3O3S. The van der Waals surface area contributed by atoms with Gasteiger partial charge in [-0.1, -0.05) is 6.07 Å². The van der Waals surface area contributed by atoms with E-state index in [2.05, 4.69) is 20.2 Å². The fourth-order valence-corrected chi connectivity index (χ4v) is 2.04. The van der Waals surface area contributed by atoms with Crippen LogP contribution in [0.3, 0.4) is 0 Å². The molecule has 20 heavy (non-hydrogen) atoms. The zero-order valence-corrected chi connectivity index (χ0v) is 11.6. The molecular weight excluding hydrogens is 278 g/mol. The molecule has 104 valence electrons. The van der Waals surface area contributed by atoms with Crippen LogP contribution in [-0.2, 0) is 9.53 Å². The van der Waals surface area contributed by atoms with Gasteiger partial charge in [-0.2, -0.15) is 5.10 Å². The van der Waals surface area contributed by atoms with Gasteiger partial charge in [0.2, 0.25) is 0 Å². The minimum absolute atomic E-state index is 0.0315. The van der Waals surface area contributed by atoms with Crippen molar-refractivity contribution >= 4 is 23.9 Å². The Hall–Kier alpha value is -2.12. The van der Waals surface area contributed by atoms with Crippen LogP contribution in [0.25, 0.3) is 0 Å². The molecule has 0 aromatic carbocycles. The Morgan fingerprint density at radius 3 is 3.15 bits per heavy atom. The van der Waals surface area contributed by atoms with E-state index in [1.807, 2.05) is 24.3 Å². The van der Waals surface area contributed by atoms with Crippen molar-refractivity contribution in [3.63, 3.8) is 0 Å². The SMILES string of the molecule is COCC(=O)NN=Cc1ccc(Sc2ccccn2)o1. The molecule has 0 atom stereocenters. The second kappa shape index (κ2) is 7.46. The van der Waals surface area contributed by atoms with Crippen LogP contribution in [-0.4, -0.2) is 30.8 Å². The fraction of sp³-hybridized carbons (Fsp3) is 0.154. The van der Waals surface area contributed by atoms with Crippen LogP contribution in [0.1, 0.15) is 5.76 Å². The number of hydrogen-bond acceptors (Lipinski definition) is 6. The van der Waals surface area contributed by atoms with Gasteiger partial charge < -0.3 is 9.15 Å². The van der Waals surface area contributed by atoms with E-state index in [0.717, 1.165) is 5.03 Å². The number of methoxy groups -OCH3 is 1. The van der Waals surface area contributed by atoms with Crippen molar-refractivity contribution < 1.29 is 13.9 Å². The quantitative estimate of drug-likeness (QED) is 0.650. The highest BCUT2D eigenvalue weighted by Crippen LogP contribution is 2.26. The minimum atomic E-state index is -0.321. The molecule has 2 aromatic heterocycles. The summed E-state index contributed by atoms with van der Waals surface area (Å²) in [5.74, 6) is 0.222. The second-order valence-electron chi connectivity index (χ2n) is 3.65. The number of ether oxygens (including phenoxy) is 1. The van der Waals surface area contributed by atoms with Crippen molar-refractivity contribution in [1.29, 1.82) is 0 Å². The lowest BCUT2D eigenvalue weighted by Gasteiger charge is -1.96. The standard InChI is InChI=1S/C13H13N3O3S/c1-18-9-11(17)16-15-8-10-5-6-13(19-10)20-12-4-2-3-7-14-12/h2-8H,9H2,1H3,(H,16,17). The monoisotopic (exact) mass is 291 g/mol. The molecule has 2 heterocycles. The van der Waals surface area contributed by atoms with Gasteiger partial charge in [0.25, 0.3) is 5.91 Å². The van der Waals surface area contributed by atoms with Crippen molar-refractivity contribution in [3.8, 4) is 0 Å². The van der Waals surface area contributed by atoms with Crippen LogP contribution in [0.2, 0.25) is 0 Å². The van der Waals surface area contributed by atoms with Crippen LogP contribution in [0.15, 0.2) is 56.2 Å². The third kappa shape index (κ3) is 4.52. The third-order valence-corrected chi connectivity index (χ3v) is 2.97. The van der Waals surface area contributed by atoms with E-state index in [1.54, 1.807) is 12.3 Å². The van der Waals surface area contributed by atoms with Gasteiger partial charge in [0.1, 0.15) is 17.4 Å². The van der Waals surface area contributed by atoms with Gasteiger partial charge in [-0.25, -0.2) is 10.4 Å². The summed E-state index contributed by atoms with van der Waals surface area (Å²) in [6.07, 6.45) is 3.15. The molecule has 0 radical (unpaired) electrons. The molecule has 0 fully saturated rings. The normalized spacial score (nSPS) is 10.8. The number of carbonyl (C=O) groups is 1. The maximum atomic E-state index is 11.1. The molecule has 6 nitrogen and oxygen atoms in total. The van der Waals surface area contributed by atoms with Gasteiger partial charge in [-0.15, -0.1) is 0 Å². The Balaban J connectivity index is 1.89. The maximum Gasteiger partial charge on any atom is 0.266 e. The summed E-state index contributed by atoms with van der Waals surface area (Å²) in [6.45, 7) is -0.0315. The molecule has 0 aliphatic heterocycles. The Morgan fingerprint density at radius 1 is 1.50 bits per heavy atom. The van der Waals surface area contributed by atoms with Gasteiger partial charge in [0.05, 0.1) is 6.21 Å². The Bertz CT molecular complexity index is 584. The molecule has 0 unspecified atom stereocenters. The lowest BCUT2D eigenvalue weighted by molar-refractivity contribution is -0.124. The number of aromatic nitrogens is 1. The third-order valence-electron chi connectivity index (χ3n) is 2.10. The van der Waals surface area contributed by atoms with Gasteiger partial charge in [0, 0.05) is 13.3 Å². The maximum absolute atomic E-state index is 11.1. The molecule has 1 amide bonds. The zero-order chi connectivity index (χ0) is 14.2. The number of nitrogens with one attached hydrogen (secondary N) is 1. The molecule has 0 aliphatic rings. The Kier molecular flexibility index (Phi) is 5.33. The van der Waals surface area contributed by atoms with Crippen LogP contribution in [0, 0.1) is 0 Å². The van der Waals surface area contributed by atoms with Gasteiger partial charge in [-0.05, 0) is 36.0 Å². The second-order valence-corrected chi connectivity index (χ2v) is 4.68. The highest BCUT2D eigenvalue weighted by Gasteiger charge is 2.03. The van der Waals surface area contributed by atoms with Crippen LogP contribution >= 0.6 is 11.8 Å². The molecule has 0 saturated heterocycles. The molecule has 0 bridgehead atoms. The highest BCUT2D eigenvalue weighted by atomic mass is 32.2. The zero-order valence-electron chi connectivity index (χ0n) is 10.8. The van der Waals surface area contributed by atoms with E-state index < -0.39 is 0 Å². The van der Waals surface area contributed by atoms with Crippen LogP contribution < -0.4 is 5.43 Å². The average Bonchev–Trinajstić information content (AvgIpc) is 2.88. The van der Waals surface area contributed by atoms with E-state index in [0.29, 0.717) is 10.9 Å². The molecule has 0 spiro atoms. The number of hydrogen-bond donors (Lipinski definition) is 1. The minimum Gasteiger partial charge on any atom is -0.448 e. The van der Waals surface area contributed by atoms with E-state index in [9.17, 15) is 4.79 Å². The fourth-order valence-electron chi connectivity index (χ4n) is 1.30. The molecule has 0 aliphatic carbocycles. The number of furan rings is 1. The number of nitrogens with zero attached hydrogens (tertiary/aromatic N) is 2. The summed E-state index contributed by atoms with van der Waals surface area (Å²) >= 11 is 1.41. The number of pyridine rings is 1. The smallest absolute Gasteiger partial charge is 0.266 e. The van der Waals surface area contributed by atoms with Gasteiger partial charge in [0.15, 0.2) is 5.09 Å². The number of amides is 1. The molecule has 7 heteroatoms. The summed E-state index contributed by atoms with van der Waals surface area (Å²) in [4.78, 5) is 15.3. The first-order valence-corrected chi connectivity index (χ1v) is 6.59. The first-order chi connectivity index (χ1) is 9.78. The van der Waals surface area contributed by atoms with E-state index >= 15 is 0 Å². The predicted molar refractivity (Wildman–Crippen MR) is 74.7 cm³/mol. The van der Waals surface area contributed by atoms with E-state index in [-0.39, 0.29) is 12.5 Å². The van der Waals surface area contributed by atoms with E-state index in [4.69, 9.17) is 4.42 Å². The summed E-state index contributed by atoms with van der Waals surface area (Å²) in [7, 11) is 1.44.